The summed E-state index contributed by atoms with van der Waals surface area (Å²) in [4.78, 5) is 16.5. The second kappa shape index (κ2) is 6.64. The van der Waals surface area contributed by atoms with Gasteiger partial charge in [-0.15, -0.1) is 0 Å². The zero-order valence-electron chi connectivity index (χ0n) is 14.3. The molecule has 0 atom stereocenters. The van der Waals surface area contributed by atoms with E-state index in [1.165, 1.54) is 12.1 Å². The van der Waals surface area contributed by atoms with Crippen LogP contribution in [0.15, 0.2) is 59.6 Å². The Morgan fingerprint density at radius 2 is 1.93 bits per heavy atom. The van der Waals surface area contributed by atoms with Crippen molar-refractivity contribution in [2.75, 3.05) is 13.1 Å². The monoisotopic (exact) mass is 383 g/mol. The number of aromatic nitrogens is 2. The largest absolute Gasteiger partial charge is 0.477 e. The van der Waals surface area contributed by atoms with Crippen LogP contribution in [0.3, 0.4) is 0 Å². The minimum Gasteiger partial charge on any atom is -0.477 e. The van der Waals surface area contributed by atoms with E-state index < -0.39 is 16.0 Å². The molecule has 4 rings (SSSR count). The molecule has 2 N–H and O–H groups in total. The van der Waals surface area contributed by atoms with Crippen LogP contribution in [0.4, 0.5) is 0 Å². The van der Waals surface area contributed by atoms with Gasteiger partial charge in [-0.1, -0.05) is 24.3 Å². The Labute approximate surface area is 156 Å². The van der Waals surface area contributed by atoms with Gasteiger partial charge in [0.15, 0.2) is 5.69 Å². The smallest absolute Gasteiger partial charge is 0.354 e. The van der Waals surface area contributed by atoms with Crippen molar-refractivity contribution in [3.63, 3.8) is 0 Å². The molecule has 3 heterocycles. The van der Waals surface area contributed by atoms with Crippen molar-refractivity contribution in [1.82, 2.24) is 14.3 Å². The van der Waals surface area contributed by atoms with E-state index in [1.54, 1.807) is 36.5 Å². The maximum atomic E-state index is 13.3. The van der Waals surface area contributed by atoms with Gasteiger partial charge < -0.3 is 10.4 Å². The fraction of sp³-hybridized carbons (Fsp3) is 0.158. The molecule has 0 bridgehead atoms. The summed E-state index contributed by atoms with van der Waals surface area (Å²) in [7, 11) is -4.11. The van der Waals surface area contributed by atoms with Crippen LogP contribution in [-0.2, 0) is 10.0 Å². The van der Waals surface area contributed by atoms with Crippen LogP contribution in [0.5, 0.6) is 0 Å². The van der Waals surface area contributed by atoms with Crippen molar-refractivity contribution < 1.29 is 18.3 Å². The number of aromatic carboxylic acids is 1. The third-order valence-corrected chi connectivity index (χ3v) is 6.28. The van der Waals surface area contributed by atoms with Crippen molar-refractivity contribution in [3.05, 3.63) is 66.0 Å². The first-order chi connectivity index (χ1) is 13.0. The number of nitrogens with one attached hydrogen (secondary N) is 1. The Bertz CT molecular complexity index is 1160. The molecule has 0 aliphatic carbocycles. The molecule has 1 aliphatic heterocycles. The molecule has 0 spiro atoms. The Morgan fingerprint density at radius 1 is 1.15 bits per heavy atom. The fourth-order valence-corrected chi connectivity index (χ4v) is 4.91. The standard InChI is InChI=1S/C19H17N3O4S/c23-19(24)18-16(13-8-11-20-12-9-13)17-15(7-4-10-21-17)22(18)27(25,26)14-5-2-1-3-6-14/h1-8,10,20H,9,11-12H2,(H,23,24). The number of nitrogens with zero attached hydrogens (tertiary/aromatic N) is 2. The molecule has 27 heavy (non-hydrogen) atoms. The molecule has 0 fully saturated rings. The van der Waals surface area contributed by atoms with Crippen LogP contribution >= 0.6 is 0 Å². The Balaban J connectivity index is 2.12. The first-order valence-corrected chi connectivity index (χ1v) is 9.89. The lowest BCUT2D eigenvalue weighted by Crippen LogP contribution is -2.22. The predicted octanol–water partition coefficient (Wildman–Crippen LogP) is 2.35. The highest BCUT2D eigenvalue weighted by Crippen LogP contribution is 2.35. The van der Waals surface area contributed by atoms with Crippen molar-refractivity contribution >= 4 is 32.6 Å². The van der Waals surface area contributed by atoms with Gasteiger partial charge in [0.1, 0.15) is 0 Å². The highest BCUT2D eigenvalue weighted by atomic mass is 32.2. The zero-order chi connectivity index (χ0) is 19.0. The van der Waals surface area contributed by atoms with Crippen molar-refractivity contribution in [2.24, 2.45) is 0 Å². The lowest BCUT2D eigenvalue weighted by molar-refractivity contribution is 0.0689. The van der Waals surface area contributed by atoms with Crippen molar-refractivity contribution in [3.8, 4) is 0 Å². The molecule has 7 nitrogen and oxygen atoms in total. The predicted molar refractivity (Wildman–Crippen MR) is 101 cm³/mol. The summed E-state index contributed by atoms with van der Waals surface area (Å²) in [5.41, 5.74) is 1.52. The first-order valence-electron chi connectivity index (χ1n) is 8.45. The normalized spacial score (nSPS) is 14.9. The topological polar surface area (TPSA) is 101 Å². The SMILES string of the molecule is O=C(O)c1c(C2=CCNCC2)c2ncccc2n1S(=O)(=O)c1ccccc1. The summed E-state index contributed by atoms with van der Waals surface area (Å²) in [6.07, 6.45) is 4.03. The van der Waals surface area contributed by atoms with E-state index in [0.717, 1.165) is 9.55 Å². The number of hydrogen-bond acceptors (Lipinski definition) is 5. The summed E-state index contributed by atoms with van der Waals surface area (Å²) in [5.74, 6) is -1.30. The highest BCUT2D eigenvalue weighted by Gasteiger charge is 2.32. The van der Waals surface area contributed by atoms with Gasteiger partial charge in [0.25, 0.3) is 10.0 Å². The number of carboxylic acids is 1. The van der Waals surface area contributed by atoms with E-state index >= 15 is 0 Å². The third kappa shape index (κ3) is 2.83. The summed E-state index contributed by atoms with van der Waals surface area (Å²) in [6.45, 7) is 1.29. The van der Waals surface area contributed by atoms with Gasteiger partial charge in [-0.25, -0.2) is 17.2 Å². The van der Waals surface area contributed by atoms with Crippen LogP contribution in [0.25, 0.3) is 16.6 Å². The molecular weight excluding hydrogens is 366 g/mol. The average molecular weight is 383 g/mol. The van der Waals surface area contributed by atoms with Crippen LogP contribution < -0.4 is 5.32 Å². The number of fused-ring (bicyclic) bond motifs is 1. The van der Waals surface area contributed by atoms with Gasteiger partial charge in [-0.2, -0.15) is 0 Å². The molecule has 0 unspecified atom stereocenters. The van der Waals surface area contributed by atoms with Gasteiger partial charge in [0.2, 0.25) is 0 Å². The lowest BCUT2D eigenvalue weighted by Gasteiger charge is -2.15. The van der Waals surface area contributed by atoms with E-state index in [4.69, 9.17) is 0 Å². The molecule has 2 aromatic heterocycles. The quantitative estimate of drug-likeness (QED) is 0.717. The Morgan fingerprint density at radius 3 is 2.59 bits per heavy atom. The number of pyridine rings is 1. The molecule has 1 aromatic carbocycles. The first kappa shape index (κ1) is 17.4. The molecular formula is C19H17N3O4S. The number of hydrogen-bond donors (Lipinski definition) is 2. The molecule has 0 amide bonds. The van der Waals surface area contributed by atoms with Gasteiger partial charge in [-0.05, 0) is 42.8 Å². The lowest BCUT2D eigenvalue weighted by atomic mass is 9.99. The van der Waals surface area contributed by atoms with Gasteiger partial charge in [0.05, 0.1) is 15.9 Å². The van der Waals surface area contributed by atoms with Gasteiger partial charge in [0, 0.05) is 18.3 Å². The van der Waals surface area contributed by atoms with E-state index in [9.17, 15) is 18.3 Å². The Hall–Kier alpha value is -2.97. The summed E-state index contributed by atoms with van der Waals surface area (Å²) < 4.78 is 27.5. The van der Waals surface area contributed by atoms with Crippen LogP contribution in [0, 0.1) is 0 Å². The van der Waals surface area contributed by atoms with Crippen LogP contribution in [0.1, 0.15) is 22.5 Å². The Kier molecular flexibility index (Phi) is 4.29. The van der Waals surface area contributed by atoms with Crippen LogP contribution in [-0.4, -0.2) is 41.5 Å². The minimum atomic E-state index is -4.11. The van der Waals surface area contributed by atoms with E-state index in [-0.39, 0.29) is 16.1 Å². The number of carboxylic acid groups (broad SMARTS) is 1. The van der Waals surface area contributed by atoms with Crippen LogP contribution in [0.2, 0.25) is 0 Å². The third-order valence-electron chi connectivity index (χ3n) is 4.55. The van der Waals surface area contributed by atoms with Gasteiger partial charge >= 0.3 is 5.97 Å². The fourth-order valence-electron chi connectivity index (χ4n) is 3.38. The number of rotatable bonds is 4. The summed E-state index contributed by atoms with van der Waals surface area (Å²) in [5, 5.41) is 13.1. The molecule has 0 radical (unpaired) electrons. The summed E-state index contributed by atoms with van der Waals surface area (Å²) >= 11 is 0. The second-order valence-electron chi connectivity index (χ2n) is 6.17. The maximum absolute atomic E-state index is 13.3. The number of carbonyl (C=O) groups is 1. The van der Waals surface area contributed by atoms with E-state index in [1.807, 2.05) is 6.08 Å². The molecule has 0 saturated heterocycles. The highest BCUT2D eigenvalue weighted by molar-refractivity contribution is 7.90. The molecule has 3 aromatic rings. The van der Waals surface area contributed by atoms with Gasteiger partial charge in [-0.3, -0.25) is 4.98 Å². The second-order valence-corrected chi connectivity index (χ2v) is 7.95. The zero-order valence-corrected chi connectivity index (χ0v) is 15.1. The molecule has 1 aliphatic rings. The summed E-state index contributed by atoms with van der Waals surface area (Å²) in [6, 6.07) is 11.0. The molecule has 8 heteroatoms. The van der Waals surface area contributed by atoms with E-state index in [2.05, 4.69) is 10.3 Å². The van der Waals surface area contributed by atoms with E-state index in [0.29, 0.717) is 30.6 Å². The molecule has 138 valence electrons. The average Bonchev–Trinajstić information content (AvgIpc) is 3.05. The number of benzene rings is 1. The molecule has 0 saturated carbocycles. The minimum absolute atomic E-state index is 0.0269. The van der Waals surface area contributed by atoms with Crippen molar-refractivity contribution in [1.29, 1.82) is 0 Å². The maximum Gasteiger partial charge on any atom is 0.354 e. The van der Waals surface area contributed by atoms with Crippen molar-refractivity contribution in [2.45, 2.75) is 11.3 Å².